The average Bonchev–Trinajstić information content (AvgIpc) is 2.80. The third-order valence-electron chi connectivity index (χ3n) is 2.92. The molecule has 0 saturated heterocycles. The van der Waals surface area contributed by atoms with Crippen LogP contribution in [0.1, 0.15) is 40.3 Å². The molecule has 1 heterocycles. The van der Waals surface area contributed by atoms with Crippen molar-refractivity contribution in [3.05, 3.63) is 47.0 Å². The number of aromatic nitrogens is 3. The lowest BCUT2D eigenvalue weighted by atomic mass is 10.0. The normalized spacial score (nSPS) is 12.4. The lowest BCUT2D eigenvalue weighted by Gasteiger charge is -2.07. The molecule has 0 spiro atoms. The van der Waals surface area contributed by atoms with Crippen molar-refractivity contribution >= 4 is 5.91 Å². The topological polar surface area (TPSA) is 99.8 Å². The molecule has 1 amide bonds. The molecule has 100 valence electrons. The van der Waals surface area contributed by atoms with Crippen LogP contribution in [0.3, 0.4) is 0 Å². The lowest BCUT2D eigenvalue weighted by molar-refractivity contribution is 0.1000. The third kappa shape index (κ3) is 2.97. The summed E-state index contributed by atoms with van der Waals surface area (Å²) in [6.45, 7) is 4.36. The molecule has 0 aliphatic rings. The summed E-state index contributed by atoms with van der Waals surface area (Å²) in [6.07, 6.45) is 1.65. The summed E-state index contributed by atoms with van der Waals surface area (Å²) in [5.74, 6) is 0.195. The van der Waals surface area contributed by atoms with Crippen LogP contribution >= 0.6 is 0 Å². The fraction of sp³-hybridized carbons (Fsp3) is 0.308. The van der Waals surface area contributed by atoms with Crippen molar-refractivity contribution in [3.8, 4) is 0 Å². The largest absolute Gasteiger partial charge is 0.366 e. The molecule has 1 aromatic heterocycles. The summed E-state index contributed by atoms with van der Waals surface area (Å²) in [4.78, 5) is 15.2. The summed E-state index contributed by atoms with van der Waals surface area (Å²) in [6, 6.07) is 5.19. The first-order valence-electron chi connectivity index (χ1n) is 6.01. The van der Waals surface area contributed by atoms with E-state index >= 15 is 0 Å². The van der Waals surface area contributed by atoms with E-state index in [9.17, 15) is 4.79 Å². The van der Waals surface area contributed by atoms with Crippen LogP contribution in [0.15, 0.2) is 24.5 Å². The van der Waals surface area contributed by atoms with Gasteiger partial charge in [0.2, 0.25) is 5.91 Å². The van der Waals surface area contributed by atoms with Gasteiger partial charge in [-0.2, -0.15) is 5.10 Å². The van der Waals surface area contributed by atoms with Gasteiger partial charge in [0.1, 0.15) is 6.33 Å². The van der Waals surface area contributed by atoms with Crippen molar-refractivity contribution in [3.63, 3.8) is 0 Å². The Balaban J connectivity index is 2.20. The Morgan fingerprint density at radius 2 is 2.21 bits per heavy atom. The molecule has 0 aliphatic carbocycles. The van der Waals surface area contributed by atoms with Crippen molar-refractivity contribution in [1.29, 1.82) is 0 Å². The second-order valence-corrected chi connectivity index (χ2v) is 4.59. The number of nitrogens with two attached hydrogens (primary N) is 2. The van der Waals surface area contributed by atoms with Gasteiger partial charge in [0.05, 0.1) is 12.6 Å². The van der Waals surface area contributed by atoms with Gasteiger partial charge in [0.15, 0.2) is 5.82 Å². The van der Waals surface area contributed by atoms with Crippen LogP contribution < -0.4 is 11.5 Å². The number of primary amides is 1. The van der Waals surface area contributed by atoms with E-state index in [-0.39, 0.29) is 6.04 Å². The summed E-state index contributed by atoms with van der Waals surface area (Å²) in [5.41, 5.74) is 13.5. The maximum atomic E-state index is 11.1. The van der Waals surface area contributed by atoms with Crippen LogP contribution in [0.2, 0.25) is 0 Å². The van der Waals surface area contributed by atoms with Gasteiger partial charge < -0.3 is 11.5 Å². The molecule has 0 fully saturated rings. The van der Waals surface area contributed by atoms with Gasteiger partial charge in [-0.05, 0) is 37.1 Å². The Morgan fingerprint density at radius 3 is 2.74 bits per heavy atom. The number of rotatable bonds is 4. The highest BCUT2D eigenvalue weighted by Crippen LogP contribution is 2.12. The van der Waals surface area contributed by atoms with Crippen molar-refractivity contribution in [2.24, 2.45) is 11.5 Å². The fourth-order valence-corrected chi connectivity index (χ4v) is 1.79. The number of hydrogen-bond donors (Lipinski definition) is 2. The molecule has 0 aliphatic heterocycles. The first-order valence-corrected chi connectivity index (χ1v) is 6.01. The van der Waals surface area contributed by atoms with Crippen LogP contribution in [-0.4, -0.2) is 20.7 Å². The first kappa shape index (κ1) is 13.2. The number of amides is 1. The van der Waals surface area contributed by atoms with Gasteiger partial charge in [-0.15, -0.1) is 0 Å². The SMILES string of the molecule is Cc1cc(C(N)=O)ccc1Cn1cnc(C(C)N)n1. The molecular weight excluding hydrogens is 242 g/mol. The minimum Gasteiger partial charge on any atom is -0.366 e. The first-order chi connectivity index (χ1) is 8.97. The molecule has 6 heteroatoms. The monoisotopic (exact) mass is 259 g/mol. The average molecular weight is 259 g/mol. The quantitative estimate of drug-likeness (QED) is 0.846. The van der Waals surface area contributed by atoms with E-state index in [1.54, 1.807) is 23.1 Å². The summed E-state index contributed by atoms with van der Waals surface area (Å²) in [7, 11) is 0. The Hall–Kier alpha value is -2.21. The van der Waals surface area contributed by atoms with Crippen molar-refractivity contribution in [2.45, 2.75) is 26.4 Å². The van der Waals surface area contributed by atoms with Crippen LogP contribution in [0.5, 0.6) is 0 Å². The molecule has 19 heavy (non-hydrogen) atoms. The second-order valence-electron chi connectivity index (χ2n) is 4.59. The molecule has 4 N–H and O–H groups in total. The standard InChI is InChI=1S/C13H17N5O/c1-8-5-10(12(15)19)3-4-11(8)6-18-7-16-13(17-18)9(2)14/h3-5,7,9H,6,14H2,1-2H3,(H2,15,19). The Labute approximate surface area is 111 Å². The predicted octanol–water partition coefficient (Wildman–Crippen LogP) is 0.753. The molecule has 6 nitrogen and oxygen atoms in total. The molecule has 0 radical (unpaired) electrons. The molecule has 1 unspecified atom stereocenters. The Kier molecular flexibility index (Phi) is 3.62. The number of benzene rings is 1. The summed E-state index contributed by atoms with van der Waals surface area (Å²) >= 11 is 0. The van der Waals surface area contributed by atoms with E-state index in [4.69, 9.17) is 11.5 Å². The maximum absolute atomic E-state index is 11.1. The second kappa shape index (κ2) is 5.19. The van der Waals surface area contributed by atoms with Crippen molar-refractivity contribution < 1.29 is 4.79 Å². The zero-order valence-corrected chi connectivity index (χ0v) is 11.0. The van der Waals surface area contributed by atoms with E-state index in [0.717, 1.165) is 11.1 Å². The molecule has 2 aromatic rings. The number of carbonyl (C=O) groups is 1. The van der Waals surface area contributed by atoms with Gasteiger partial charge in [0, 0.05) is 5.56 Å². The molecule has 1 aromatic carbocycles. The van der Waals surface area contributed by atoms with Gasteiger partial charge >= 0.3 is 0 Å². The van der Waals surface area contributed by atoms with Gasteiger partial charge in [0.25, 0.3) is 0 Å². The zero-order chi connectivity index (χ0) is 14.0. The summed E-state index contributed by atoms with van der Waals surface area (Å²) in [5, 5.41) is 4.29. The van der Waals surface area contributed by atoms with Gasteiger partial charge in [-0.1, -0.05) is 6.07 Å². The van der Waals surface area contributed by atoms with Gasteiger partial charge in [-0.25, -0.2) is 9.67 Å². The highest BCUT2D eigenvalue weighted by atomic mass is 16.1. The lowest BCUT2D eigenvalue weighted by Crippen LogP contribution is -2.12. The van der Waals surface area contributed by atoms with E-state index in [0.29, 0.717) is 17.9 Å². The minimum atomic E-state index is -0.422. The maximum Gasteiger partial charge on any atom is 0.248 e. The zero-order valence-electron chi connectivity index (χ0n) is 11.0. The van der Waals surface area contributed by atoms with E-state index in [1.807, 2.05) is 19.9 Å². The van der Waals surface area contributed by atoms with Crippen LogP contribution in [-0.2, 0) is 6.54 Å². The molecule has 2 rings (SSSR count). The van der Waals surface area contributed by atoms with Gasteiger partial charge in [-0.3, -0.25) is 4.79 Å². The number of hydrogen-bond acceptors (Lipinski definition) is 4. The summed E-state index contributed by atoms with van der Waals surface area (Å²) < 4.78 is 1.73. The Morgan fingerprint density at radius 1 is 1.47 bits per heavy atom. The molecular formula is C13H17N5O. The molecule has 0 bridgehead atoms. The number of carbonyl (C=O) groups excluding carboxylic acids is 1. The van der Waals surface area contributed by atoms with Crippen molar-refractivity contribution in [2.75, 3.05) is 0 Å². The van der Waals surface area contributed by atoms with E-state index in [1.165, 1.54) is 0 Å². The fourth-order valence-electron chi connectivity index (χ4n) is 1.79. The van der Waals surface area contributed by atoms with Crippen LogP contribution in [0.4, 0.5) is 0 Å². The predicted molar refractivity (Wildman–Crippen MR) is 71.4 cm³/mol. The highest BCUT2D eigenvalue weighted by Gasteiger charge is 2.08. The molecule has 1 atom stereocenters. The van der Waals surface area contributed by atoms with Crippen LogP contribution in [0.25, 0.3) is 0 Å². The third-order valence-corrected chi connectivity index (χ3v) is 2.92. The minimum absolute atomic E-state index is 0.181. The van der Waals surface area contributed by atoms with Crippen molar-refractivity contribution in [1.82, 2.24) is 14.8 Å². The van der Waals surface area contributed by atoms with Crippen LogP contribution in [0, 0.1) is 6.92 Å². The molecule has 0 saturated carbocycles. The van der Waals surface area contributed by atoms with E-state index < -0.39 is 5.91 Å². The highest BCUT2D eigenvalue weighted by molar-refractivity contribution is 5.93. The Bertz CT molecular complexity index is 603. The number of aryl methyl sites for hydroxylation is 1. The van der Waals surface area contributed by atoms with E-state index in [2.05, 4.69) is 10.1 Å². The number of nitrogens with zero attached hydrogens (tertiary/aromatic N) is 3. The smallest absolute Gasteiger partial charge is 0.248 e.